The van der Waals surface area contributed by atoms with Crippen LogP contribution >= 0.6 is 15.9 Å². The first-order valence-corrected chi connectivity index (χ1v) is 5.01. The molecule has 0 spiro atoms. The first-order chi connectivity index (χ1) is 5.92. The average molecular weight is 225 g/mol. The van der Waals surface area contributed by atoms with Gasteiger partial charge in [0.05, 0.1) is 0 Å². The summed E-state index contributed by atoms with van der Waals surface area (Å²) in [6, 6.07) is 6.19. The van der Waals surface area contributed by atoms with Crippen molar-refractivity contribution in [2.24, 2.45) is 0 Å². The van der Waals surface area contributed by atoms with E-state index in [4.69, 9.17) is 4.74 Å². The number of benzene rings is 1. The molecular formula is C10H9BrO. The standard InChI is InChI=1S/C10H9BrO/c11-7-9-4-1-3-8-5-2-6-12-10(8)9/h1-5H,6-7H2. The maximum atomic E-state index is 5.53. The molecule has 0 atom stereocenters. The van der Waals surface area contributed by atoms with E-state index in [9.17, 15) is 0 Å². The molecule has 1 heterocycles. The lowest BCUT2D eigenvalue weighted by Crippen LogP contribution is -2.02. The molecule has 1 aliphatic heterocycles. The highest BCUT2D eigenvalue weighted by atomic mass is 79.9. The lowest BCUT2D eigenvalue weighted by Gasteiger charge is -2.14. The summed E-state index contributed by atoms with van der Waals surface area (Å²) in [4.78, 5) is 0. The van der Waals surface area contributed by atoms with Crippen molar-refractivity contribution in [1.82, 2.24) is 0 Å². The van der Waals surface area contributed by atoms with E-state index in [2.05, 4.69) is 40.2 Å². The Morgan fingerprint density at radius 2 is 2.33 bits per heavy atom. The fourth-order valence-corrected chi connectivity index (χ4v) is 1.77. The molecule has 1 nitrogen and oxygen atoms in total. The monoisotopic (exact) mass is 224 g/mol. The van der Waals surface area contributed by atoms with Gasteiger partial charge in [0, 0.05) is 16.5 Å². The lowest BCUT2D eigenvalue weighted by atomic mass is 10.1. The maximum absolute atomic E-state index is 5.53. The zero-order valence-corrected chi connectivity index (χ0v) is 8.17. The Balaban J connectivity index is 2.53. The van der Waals surface area contributed by atoms with E-state index in [0.717, 1.165) is 11.1 Å². The predicted octanol–water partition coefficient (Wildman–Crippen LogP) is 2.99. The van der Waals surface area contributed by atoms with Gasteiger partial charge in [0.1, 0.15) is 12.4 Å². The van der Waals surface area contributed by atoms with Crippen LogP contribution < -0.4 is 4.74 Å². The Hall–Kier alpha value is -0.760. The number of fused-ring (bicyclic) bond motifs is 1. The summed E-state index contributed by atoms with van der Waals surface area (Å²) in [6.45, 7) is 0.691. The van der Waals surface area contributed by atoms with Gasteiger partial charge in [-0.05, 0) is 6.08 Å². The molecule has 0 saturated heterocycles. The van der Waals surface area contributed by atoms with E-state index in [0.29, 0.717) is 6.61 Å². The van der Waals surface area contributed by atoms with Gasteiger partial charge in [-0.2, -0.15) is 0 Å². The SMILES string of the molecule is BrCc1cccc2c1OCC=C2. The van der Waals surface area contributed by atoms with Gasteiger partial charge >= 0.3 is 0 Å². The highest BCUT2D eigenvalue weighted by Gasteiger charge is 2.08. The molecule has 0 aromatic heterocycles. The molecule has 0 amide bonds. The summed E-state index contributed by atoms with van der Waals surface area (Å²) in [5.74, 6) is 1.02. The lowest BCUT2D eigenvalue weighted by molar-refractivity contribution is 0.356. The van der Waals surface area contributed by atoms with Crippen LogP contribution in [-0.2, 0) is 5.33 Å². The molecule has 0 N–H and O–H groups in total. The van der Waals surface area contributed by atoms with Crippen molar-refractivity contribution < 1.29 is 4.74 Å². The first kappa shape index (κ1) is 7.87. The molecule has 0 saturated carbocycles. The predicted molar refractivity (Wildman–Crippen MR) is 53.6 cm³/mol. The molecule has 0 fully saturated rings. The molecule has 0 radical (unpaired) electrons. The molecule has 12 heavy (non-hydrogen) atoms. The molecule has 1 aliphatic rings. The van der Waals surface area contributed by atoms with Crippen molar-refractivity contribution in [3.63, 3.8) is 0 Å². The second-order valence-electron chi connectivity index (χ2n) is 2.68. The number of ether oxygens (including phenoxy) is 1. The number of hydrogen-bond acceptors (Lipinski definition) is 1. The van der Waals surface area contributed by atoms with Crippen LogP contribution in [0.1, 0.15) is 11.1 Å². The normalized spacial score (nSPS) is 13.8. The van der Waals surface area contributed by atoms with Crippen molar-refractivity contribution in [3.05, 3.63) is 35.4 Å². The van der Waals surface area contributed by atoms with Crippen molar-refractivity contribution >= 4 is 22.0 Å². The van der Waals surface area contributed by atoms with Gasteiger partial charge in [0.25, 0.3) is 0 Å². The third-order valence-corrected chi connectivity index (χ3v) is 2.50. The Labute approximate surface area is 80.2 Å². The van der Waals surface area contributed by atoms with Gasteiger partial charge in [-0.1, -0.05) is 40.2 Å². The van der Waals surface area contributed by atoms with Crippen molar-refractivity contribution in [3.8, 4) is 5.75 Å². The Morgan fingerprint density at radius 3 is 3.17 bits per heavy atom. The molecule has 2 heteroatoms. The molecule has 62 valence electrons. The Morgan fingerprint density at radius 1 is 1.42 bits per heavy atom. The summed E-state index contributed by atoms with van der Waals surface area (Å²) in [7, 11) is 0. The summed E-state index contributed by atoms with van der Waals surface area (Å²) in [5, 5.41) is 0.851. The van der Waals surface area contributed by atoms with E-state index in [1.807, 2.05) is 6.08 Å². The Kier molecular flexibility index (Phi) is 2.17. The van der Waals surface area contributed by atoms with E-state index >= 15 is 0 Å². The number of rotatable bonds is 1. The van der Waals surface area contributed by atoms with Crippen LogP contribution in [0.3, 0.4) is 0 Å². The highest BCUT2D eigenvalue weighted by Crippen LogP contribution is 2.29. The zero-order chi connectivity index (χ0) is 8.39. The number of hydrogen-bond donors (Lipinski definition) is 0. The minimum Gasteiger partial charge on any atom is -0.489 e. The summed E-state index contributed by atoms with van der Waals surface area (Å²) >= 11 is 3.43. The largest absolute Gasteiger partial charge is 0.489 e. The quantitative estimate of drug-likeness (QED) is 0.667. The van der Waals surface area contributed by atoms with E-state index in [1.54, 1.807) is 0 Å². The molecular weight excluding hydrogens is 216 g/mol. The molecule has 0 unspecified atom stereocenters. The van der Waals surface area contributed by atoms with E-state index in [-0.39, 0.29) is 0 Å². The fraction of sp³-hybridized carbons (Fsp3) is 0.200. The second kappa shape index (κ2) is 3.31. The molecule has 0 bridgehead atoms. The van der Waals surface area contributed by atoms with Crippen molar-refractivity contribution in [2.45, 2.75) is 5.33 Å². The van der Waals surface area contributed by atoms with Gasteiger partial charge < -0.3 is 4.74 Å². The number of halogens is 1. The van der Waals surface area contributed by atoms with Gasteiger partial charge in [0.2, 0.25) is 0 Å². The van der Waals surface area contributed by atoms with Crippen LogP contribution in [0, 0.1) is 0 Å². The number of para-hydroxylation sites is 1. The minimum atomic E-state index is 0.691. The Bertz CT molecular complexity index is 318. The van der Waals surface area contributed by atoms with Crippen LogP contribution in [0.4, 0.5) is 0 Å². The fourth-order valence-electron chi connectivity index (χ4n) is 1.32. The van der Waals surface area contributed by atoms with Gasteiger partial charge in [0.15, 0.2) is 0 Å². The highest BCUT2D eigenvalue weighted by molar-refractivity contribution is 9.08. The van der Waals surface area contributed by atoms with Crippen LogP contribution in [-0.4, -0.2) is 6.61 Å². The van der Waals surface area contributed by atoms with Gasteiger partial charge in [-0.3, -0.25) is 0 Å². The van der Waals surface area contributed by atoms with Crippen LogP contribution in [0.2, 0.25) is 0 Å². The summed E-state index contributed by atoms with van der Waals surface area (Å²) in [5.41, 5.74) is 2.40. The van der Waals surface area contributed by atoms with Gasteiger partial charge in [-0.15, -0.1) is 0 Å². The first-order valence-electron chi connectivity index (χ1n) is 3.89. The van der Waals surface area contributed by atoms with E-state index < -0.39 is 0 Å². The zero-order valence-electron chi connectivity index (χ0n) is 6.59. The second-order valence-corrected chi connectivity index (χ2v) is 3.24. The maximum Gasteiger partial charge on any atom is 0.131 e. The third kappa shape index (κ3) is 1.27. The van der Waals surface area contributed by atoms with Crippen LogP contribution in [0.15, 0.2) is 24.3 Å². The van der Waals surface area contributed by atoms with Crippen LogP contribution in [0.25, 0.3) is 6.08 Å². The van der Waals surface area contributed by atoms with E-state index in [1.165, 1.54) is 11.1 Å². The van der Waals surface area contributed by atoms with Crippen LogP contribution in [0.5, 0.6) is 5.75 Å². The molecule has 1 aromatic rings. The van der Waals surface area contributed by atoms with Crippen molar-refractivity contribution in [2.75, 3.05) is 6.61 Å². The smallest absolute Gasteiger partial charge is 0.131 e. The molecule has 2 rings (SSSR count). The van der Waals surface area contributed by atoms with Crippen molar-refractivity contribution in [1.29, 1.82) is 0 Å². The minimum absolute atomic E-state index is 0.691. The third-order valence-electron chi connectivity index (χ3n) is 1.89. The number of alkyl halides is 1. The summed E-state index contributed by atoms with van der Waals surface area (Å²) in [6.07, 6.45) is 4.13. The molecule has 1 aromatic carbocycles. The summed E-state index contributed by atoms with van der Waals surface area (Å²) < 4.78 is 5.53. The molecule has 0 aliphatic carbocycles. The van der Waals surface area contributed by atoms with Gasteiger partial charge in [-0.25, -0.2) is 0 Å². The average Bonchev–Trinajstić information content (AvgIpc) is 2.17. The topological polar surface area (TPSA) is 9.23 Å².